The summed E-state index contributed by atoms with van der Waals surface area (Å²) >= 11 is 0. The molecule has 3 N–H and O–H groups in total. The van der Waals surface area contributed by atoms with Gasteiger partial charge in [0, 0.05) is 11.3 Å². The Bertz CT molecular complexity index is 711. The lowest BCUT2D eigenvalue weighted by Crippen LogP contribution is -2.17. The number of amides is 1. The maximum atomic E-state index is 12.6. The fourth-order valence-corrected chi connectivity index (χ4v) is 1.71. The number of anilines is 1. The van der Waals surface area contributed by atoms with Gasteiger partial charge in [-0.15, -0.1) is 0 Å². The fourth-order valence-electron chi connectivity index (χ4n) is 1.71. The highest BCUT2D eigenvalue weighted by Crippen LogP contribution is 2.29. The predicted octanol–water partition coefficient (Wildman–Crippen LogP) is 3.05. The molecule has 0 aromatic heterocycles. The molecule has 0 atom stereocenters. The Hall–Kier alpha value is -2.83. The molecule has 0 saturated carbocycles. The van der Waals surface area contributed by atoms with E-state index < -0.39 is 17.6 Å². The van der Waals surface area contributed by atoms with Crippen molar-refractivity contribution in [2.24, 2.45) is 5.10 Å². The van der Waals surface area contributed by atoms with Crippen LogP contribution in [0.2, 0.25) is 0 Å². The van der Waals surface area contributed by atoms with E-state index in [0.717, 1.165) is 18.3 Å². The molecular formula is C15H12F3N3O. The van der Waals surface area contributed by atoms with Crippen LogP contribution in [0.5, 0.6) is 0 Å². The van der Waals surface area contributed by atoms with Crippen LogP contribution in [0.25, 0.3) is 0 Å². The number of hydrogen-bond acceptors (Lipinski definition) is 3. The van der Waals surface area contributed by atoms with Crippen LogP contribution in [0, 0.1) is 0 Å². The number of hydrazone groups is 1. The van der Waals surface area contributed by atoms with Gasteiger partial charge in [-0.1, -0.05) is 18.2 Å². The van der Waals surface area contributed by atoms with E-state index in [-0.39, 0.29) is 5.56 Å². The molecule has 0 aliphatic carbocycles. The summed E-state index contributed by atoms with van der Waals surface area (Å²) in [6.45, 7) is 0. The Labute approximate surface area is 124 Å². The molecule has 0 fully saturated rings. The smallest absolute Gasteiger partial charge is 0.399 e. The van der Waals surface area contributed by atoms with E-state index in [1.807, 2.05) is 0 Å². The van der Waals surface area contributed by atoms with E-state index in [9.17, 15) is 18.0 Å². The van der Waals surface area contributed by atoms with Crippen molar-refractivity contribution in [3.8, 4) is 0 Å². The number of nitrogens with two attached hydrogens (primary N) is 1. The molecular weight excluding hydrogens is 295 g/mol. The average Bonchev–Trinajstić information content (AvgIpc) is 2.46. The van der Waals surface area contributed by atoms with Crippen molar-refractivity contribution in [2.45, 2.75) is 6.18 Å². The van der Waals surface area contributed by atoms with Gasteiger partial charge < -0.3 is 5.73 Å². The van der Waals surface area contributed by atoms with Crippen LogP contribution in [0.1, 0.15) is 21.5 Å². The van der Waals surface area contributed by atoms with Crippen molar-refractivity contribution in [2.75, 3.05) is 5.73 Å². The number of benzene rings is 2. The molecule has 1 amide bonds. The molecule has 0 radical (unpaired) electrons. The normalized spacial score (nSPS) is 11.6. The molecule has 0 aliphatic heterocycles. The number of carbonyl (C=O) groups is 1. The molecule has 0 heterocycles. The third kappa shape index (κ3) is 4.08. The minimum absolute atomic E-state index is 0.225. The van der Waals surface area contributed by atoms with Crippen molar-refractivity contribution < 1.29 is 18.0 Å². The van der Waals surface area contributed by atoms with Gasteiger partial charge in [0.2, 0.25) is 0 Å². The van der Waals surface area contributed by atoms with Crippen LogP contribution in [-0.4, -0.2) is 12.1 Å². The van der Waals surface area contributed by atoms with Crippen LogP contribution in [0.4, 0.5) is 18.9 Å². The summed E-state index contributed by atoms with van der Waals surface area (Å²) in [6.07, 6.45) is -3.28. The van der Waals surface area contributed by atoms with Gasteiger partial charge in [-0.25, -0.2) is 5.43 Å². The Kier molecular flexibility index (Phi) is 4.45. The lowest BCUT2D eigenvalue weighted by molar-refractivity contribution is -0.137. The van der Waals surface area contributed by atoms with Crippen molar-refractivity contribution in [3.05, 3.63) is 65.2 Å². The van der Waals surface area contributed by atoms with Crippen molar-refractivity contribution in [1.82, 2.24) is 5.43 Å². The molecule has 0 unspecified atom stereocenters. The monoisotopic (exact) mass is 307 g/mol. The molecule has 7 heteroatoms. The molecule has 0 spiro atoms. The quantitative estimate of drug-likeness (QED) is 0.520. The molecule has 114 valence electrons. The lowest BCUT2D eigenvalue weighted by atomic mass is 10.1. The van der Waals surface area contributed by atoms with Crippen LogP contribution >= 0.6 is 0 Å². The Morgan fingerprint density at radius 2 is 1.86 bits per heavy atom. The van der Waals surface area contributed by atoms with Crippen LogP contribution in [-0.2, 0) is 6.18 Å². The third-order valence-electron chi connectivity index (χ3n) is 2.74. The summed E-state index contributed by atoms with van der Waals surface area (Å²) in [4.78, 5) is 11.8. The lowest BCUT2D eigenvalue weighted by Gasteiger charge is -2.06. The second-order valence-electron chi connectivity index (χ2n) is 4.45. The van der Waals surface area contributed by atoms with Gasteiger partial charge in [0.05, 0.1) is 11.8 Å². The van der Waals surface area contributed by atoms with Gasteiger partial charge >= 0.3 is 6.18 Å². The van der Waals surface area contributed by atoms with Crippen LogP contribution in [0.3, 0.4) is 0 Å². The van der Waals surface area contributed by atoms with E-state index >= 15 is 0 Å². The second-order valence-corrected chi connectivity index (χ2v) is 4.45. The Morgan fingerprint density at radius 1 is 1.14 bits per heavy atom. The second kappa shape index (κ2) is 6.30. The number of carbonyl (C=O) groups excluding carboxylic acids is 1. The highest BCUT2D eigenvalue weighted by molar-refractivity contribution is 5.95. The van der Waals surface area contributed by atoms with Crippen molar-refractivity contribution in [3.63, 3.8) is 0 Å². The Balaban J connectivity index is 2.05. The van der Waals surface area contributed by atoms with Crippen molar-refractivity contribution in [1.29, 1.82) is 0 Å². The molecule has 2 aromatic carbocycles. The Morgan fingerprint density at radius 3 is 2.55 bits per heavy atom. The van der Waals surface area contributed by atoms with E-state index in [1.165, 1.54) is 18.2 Å². The largest absolute Gasteiger partial charge is 0.416 e. The zero-order valence-electron chi connectivity index (χ0n) is 11.3. The molecule has 4 nitrogen and oxygen atoms in total. The summed E-state index contributed by atoms with van der Waals surface area (Å²) in [5.74, 6) is -0.504. The third-order valence-corrected chi connectivity index (χ3v) is 2.74. The zero-order chi connectivity index (χ0) is 16.2. The maximum Gasteiger partial charge on any atom is 0.416 e. The van der Waals surface area contributed by atoms with E-state index in [1.54, 1.807) is 18.2 Å². The predicted molar refractivity (Wildman–Crippen MR) is 77.4 cm³/mol. The zero-order valence-corrected chi connectivity index (χ0v) is 11.3. The summed E-state index contributed by atoms with van der Waals surface area (Å²) in [6, 6.07) is 10.9. The van der Waals surface area contributed by atoms with E-state index in [2.05, 4.69) is 10.5 Å². The summed E-state index contributed by atoms with van der Waals surface area (Å²) in [7, 11) is 0. The van der Waals surface area contributed by atoms with Gasteiger partial charge in [-0.3, -0.25) is 4.79 Å². The number of nitrogens with zero attached hydrogens (tertiary/aromatic N) is 1. The van der Waals surface area contributed by atoms with Crippen LogP contribution < -0.4 is 11.2 Å². The van der Waals surface area contributed by atoms with Gasteiger partial charge in [-0.05, 0) is 35.9 Å². The van der Waals surface area contributed by atoms with Gasteiger partial charge in [-0.2, -0.15) is 18.3 Å². The number of nitrogen functional groups attached to an aromatic ring is 1. The molecule has 0 bridgehead atoms. The minimum Gasteiger partial charge on any atom is -0.399 e. The summed E-state index contributed by atoms with van der Waals surface area (Å²) < 4.78 is 37.7. The van der Waals surface area contributed by atoms with Gasteiger partial charge in [0.1, 0.15) is 0 Å². The van der Waals surface area contributed by atoms with Crippen LogP contribution in [0.15, 0.2) is 53.6 Å². The van der Waals surface area contributed by atoms with E-state index in [0.29, 0.717) is 11.3 Å². The first kappa shape index (κ1) is 15.6. The van der Waals surface area contributed by atoms with E-state index in [4.69, 9.17) is 5.73 Å². The number of alkyl halides is 3. The molecule has 0 saturated heterocycles. The first-order chi connectivity index (χ1) is 10.4. The first-order valence-electron chi connectivity index (χ1n) is 6.22. The SMILES string of the molecule is Nc1cccc(C(=O)N/N=C\c2cccc(C(F)(F)F)c2)c1. The maximum absolute atomic E-state index is 12.6. The number of nitrogens with one attached hydrogen (secondary N) is 1. The topological polar surface area (TPSA) is 67.5 Å². The number of halogens is 3. The standard InChI is InChI=1S/C15H12F3N3O/c16-15(17,18)12-5-1-3-10(7-12)9-20-21-14(22)11-4-2-6-13(19)8-11/h1-9H,19H2,(H,21,22)/b20-9-. The molecule has 22 heavy (non-hydrogen) atoms. The molecule has 0 aliphatic rings. The highest BCUT2D eigenvalue weighted by atomic mass is 19.4. The number of hydrogen-bond donors (Lipinski definition) is 2. The first-order valence-corrected chi connectivity index (χ1v) is 6.22. The molecule has 2 rings (SSSR count). The summed E-state index contributed by atoms with van der Waals surface area (Å²) in [5.41, 5.74) is 7.95. The van der Waals surface area contributed by atoms with Gasteiger partial charge in [0.15, 0.2) is 0 Å². The fraction of sp³-hybridized carbons (Fsp3) is 0.0667. The minimum atomic E-state index is -4.42. The van der Waals surface area contributed by atoms with Crippen molar-refractivity contribution >= 4 is 17.8 Å². The number of rotatable bonds is 3. The molecule has 2 aromatic rings. The summed E-state index contributed by atoms with van der Waals surface area (Å²) in [5, 5.41) is 3.64. The average molecular weight is 307 g/mol. The highest BCUT2D eigenvalue weighted by Gasteiger charge is 2.30. The van der Waals surface area contributed by atoms with Gasteiger partial charge in [0.25, 0.3) is 5.91 Å².